The molecule has 1 amide bonds. The highest BCUT2D eigenvalue weighted by Gasteiger charge is 2.16. The predicted octanol–water partition coefficient (Wildman–Crippen LogP) is 2.74. The Morgan fingerprint density at radius 3 is 2.78 bits per heavy atom. The molecule has 2 aromatic heterocycles. The van der Waals surface area contributed by atoms with E-state index < -0.39 is 0 Å². The number of halogens is 1. The zero-order valence-electron chi connectivity index (χ0n) is 15.2. The number of aryl methyl sites for hydroxylation is 2. The third kappa shape index (κ3) is 3.74. The first-order valence-corrected chi connectivity index (χ1v) is 9.12. The molecule has 0 unspecified atom stereocenters. The van der Waals surface area contributed by atoms with Gasteiger partial charge in [-0.15, -0.1) is 15.3 Å². The van der Waals surface area contributed by atoms with Gasteiger partial charge in [0.15, 0.2) is 11.5 Å². The summed E-state index contributed by atoms with van der Waals surface area (Å²) in [5.41, 5.74) is 1.97. The lowest BCUT2D eigenvalue weighted by molar-refractivity contribution is -0.116. The van der Waals surface area contributed by atoms with Crippen LogP contribution in [0.25, 0.3) is 5.65 Å². The predicted molar refractivity (Wildman–Crippen MR) is 100 cm³/mol. The smallest absolute Gasteiger partial charge is 0.224 e. The van der Waals surface area contributed by atoms with E-state index in [1.54, 1.807) is 17.5 Å². The van der Waals surface area contributed by atoms with Gasteiger partial charge in [-0.25, -0.2) is 4.39 Å². The van der Waals surface area contributed by atoms with Crippen molar-refractivity contribution >= 4 is 23.1 Å². The second-order valence-corrected chi connectivity index (χ2v) is 6.78. The first-order chi connectivity index (χ1) is 13.1. The van der Waals surface area contributed by atoms with Crippen LogP contribution < -0.4 is 10.2 Å². The number of anilines is 2. The van der Waals surface area contributed by atoms with Crippen LogP contribution in [0.1, 0.15) is 30.7 Å². The van der Waals surface area contributed by atoms with Crippen LogP contribution >= 0.6 is 0 Å². The summed E-state index contributed by atoms with van der Waals surface area (Å²) >= 11 is 0. The second kappa shape index (κ2) is 7.30. The summed E-state index contributed by atoms with van der Waals surface area (Å²) in [6.45, 7) is 3.78. The molecule has 0 bridgehead atoms. The van der Waals surface area contributed by atoms with Crippen molar-refractivity contribution in [1.29, 1.82) is 0 Å². The molecule has 0 aliphatic carbocycles. The second-order valence-electron chi connectivity index (χ2n) is 6.78. The number of nitrogens with zero attached hydrogens (tertiary/aromatic N) is 5. The van der Waals surface area contributed by atoms with Crippen LogP contribution in [0, 0.1) is 12.7 Å². The fourth-order valence-corrected chi connectivity index (χ4v) is 3.30. The van der Waals surface area contributed by atoms with Gasteiger partial charge in [-0.2, -0.15) is 4.52 Å². The minimum absolute atomic E-state index is 0.155. The molecule has 7 nitrogen and oxygen atoms in total. The number of amides is 1. The van der Waals surface area contributed by atoms with Gasteiger partial charge in [0.05, 0.1) is 0 Å². The maximum atomic E-state index is 13.2. The van der Waals surface area contributed by atoms with E-state index in [9.17, 15) is 9.18 Å². The van der Waals surface area contributed by atoms with E-state index in [0.717, 1.165) is 18.9 Å². The summed E-state index contributed by atoms with van der Waals surface area (Å²) in [5.74, 6) is 1.09. The van der Waals surface area contributed by atoms with E-state index in [1.807, 2.05) is 12.1 Å². The lowest BCUT2D eigenvalue weighted by atomic mass is 10.2. The Hall–Kier alpha value is -3.03. The van der Waals surface area contributed by atoms with E-state index in [2.05, 4.69) is 25.5 Å². The highest BCUT2D eigenvalue weighted by Crippen LogP contribution is 2.19. The van der Waals surface area contributed by atoms with Crippen LogP contribution in [0.3, 0.4) is 0 Å². The average molecular weight is 368 g/mol. The monoisotopic (exact) mass is 368 g/mol. The van der Waals surface area contributed by atoms with E-state index >= 15 is 0 Å². The highest BCUT2D eigenvalue weighted by molar-refractivity contribution is 5.91. The maximum absolute atomic E-state index is 13.2. The number of carbonyl (C=O) groups is 1. The van der Waals surface area contributed by atoms with Crippen molar-refractivity contribution in [2.24, 2.45) is 0 Å². The number of hydrogen-bond donors (Lipinski definition) is 1. The molecular weight excluding hydrogens is 347 g/mol. The first-order valence-electron chi connectivity index (χ1n) is 9.12. The summed E-state index contributed by atoms with van der Waals surface area (Å²) in [7, 11) is 0. The Morgan fingerprint density at radius 1 is 1.19 bits per heavy atom. The van der Waals surface area contributed by atoms with Gasteiger partial charge in [-0.1, -0.05) is 0 Å². The standard InChI is InChI=1S/C19H21FN6O/c1-13-12-14(20)4-5-15(13)21-19(27)9-8-17-23-22-16-6-7-18(24-26(16)17)25-10-2-3-11-25/h4-7,12H,2-3,8-11H2,1H3,(H,21,27). The van der Waals surface area contributed by atoms with Crippen LogP contribution in [0.5, 0.6) is 0 Å². The number of hydrogen-bond acceptors (Lipinski definition) is 5. The number of benzene rings is 1. The molecule has 8 heteroatoms. The van der Waals surface area contributed by atoms with Gasteiger partial charge in [0.2, 0.25) is 5.91 Å². The molecule has 1 aromatic carbocycles. The van der Waals surface area contributed by atoms with Crippen molar-refractivity contribution in [3.63, 3.8) is 0 Å². The van der Waals surface area contributed by atoms with Crippen molar-refractivity contribution in [3.8, 4) is 0 Å². The summed E-state index contributed by atoms with van der Waals surface area (Å²) < 4.78 is 14.9. The molecule has 0 saturated carbocycles. The van der Waals surface area contributed by atoms with Crippen molar-refractivity contribution in [2.45, 2.75) is 32.6 Å². The molecule has 3 heterocycles. The molecule has 0 atom stereocenters. The van der Waals surface area contributed by atoms with E-state index in [4.69, 9.17) is 0 Å². The molecule has 1 fully saturated rings. The van der Waals surface area contributed by atoms with Crippen molar-refractivity contribution in [2.75, 3.05) is 23.3 Å². The zero-order chi connectivity index (χ0) is 18.8. The lowest BCUT2D eigenvalue weighted by Crippen LogP contribution is -2.20. The molecule has 1 aliphatic rings. The topological polar surface area (TPSA) is 75.4 Å². The third-order valence-electron chi connectivity index (χ3n) is 4.78. The molecular formula is C19H21FN6O. The third-order valence-corrected chi connectivity index (χ3v) is 4.78. The Morgan fingerprint density at radius 2 is 2.00 bits per heavy atom. The summed E-state index contributed by atoms with van der Waals surface area (Å²) in [4.78, 5) is 14.5. The van der Waals surface area contributed by atoms with Crippen molar-refractivity contribution < 1.29 is 9.18 Å². The van der Waals surface area contributed by atoms with E-state index in [-0.39, 0.29) is 18.1 Å². The van der Waals surface area contributed by atoms with Crippen LogP contribution in [0.2, 0.25) is 0 Å². The zero-order valence-corrected chi connectivity index (χ0v) is 15.2. The van der Waals surface area contributed by atoms with Gasteiger partial charge >= 0.3 is 0 Å². The molecule has 1 aliphatic heterocycles. The minimum atomic E-state index is -0.319. The Kier molecular flexibility index (Phi) is 4.70. The normalized spacial score (nSPS) is 14.1. The van der Waals surface area contributed by atoms with Gasteiger partial charge in [0.1, 0.15) is 11.6 Å². The first kappa shape index (κ1) is 17.4. The fourth-order valence-electron chi connectivity index (χ4n) is 3.30. The van der Waals surface area contributed by atoms with Crippen molar-refractivity contribution in [1.82, 2.24) is 19.8 Å². The highest BCUT2D eigenvalue weighted by atomic mass is 19.1. The summed E-state index contributed by atoms with van der Waals surface area (Å²) in [5, 5.41) is 15.8. The molecule has 4 rings (SSSR count). The van der Waals surface area contributed by atoms with Gasteiger partial charge in [0.25, 0.3) is 0 Å². The molecule has 140 valence electrons. The Labute approximate surface area is 156 Å². The molecule has 1 saturated heterocycles. The number of fused-ring (bicyclic) bond motifs is 1. The molecule has 0 radical (unpaired) electrons. The van der Waals surface area contributed by atoms with Gasteiger partial charge < -0.3 is 10.2 Å². The number of carbonyl (C=O) groups excluding carboxylic acids is 1. The Bertz CT molecular complexity index is 979. The molecule has 3 aromatic rings. The largest absolute Gasteiger partial charge is 0.355 e. The van der Waals surface area contributed by atoms with Crippen LogP contribution in [0.4, 0.5) is 15.9 Å². The number of nitrogens with one attached hydrogen (secondary N) is 1. The molecule has 27 heavy (non-hydrogen) atoms. The SMILES string of the molecule is Cc1cc(F)ccc1NC(=O)CCc1nnc2ccc(N3CCCC3)nn12. The van der Waals surface area contributed by atoms with E-state index in [1.165, 1.54) is 25.0 Å². The quantitative estimate of drug-likeness (QED) is 0.749. The van der Waals surface area contributed by atoms with E-state index in [0.29, 0.717) is 29.1 Å². The van der Waals surface area contributed by atoms with Gasteiger partial charge in [0, 0.05) is 31.6 Å². The molecule has 1 N–H and O–H groups in total. The number of rotatable bonds is 5. The minimum Gasteiger partial charge on any atom is -0.355 e. The van der Waals surface area contributed by atoms with Gasteiger partial charge in [-0.05, 0) is 55.7 Å². The van der Waals surface area contributed by atoms with Gasteiger partial charge in [-0.3, -0.25) is 4.79 Å². The Balaban J connectivity index is 1.45. The number of aromatic nitrogens is 4. The summed E-state index contributed by atoms with van der Waals surface area (Å²) in [6, 6.07) is 8.16. The summed E-state index contributed by atoms with van der Waals surface area (Å²) in [6.07, 6.45) is 3.02. The van der Waals surface area contributed by atoms with Crippen LogP contribution in [-0.2, 0) is 11.2 Å². The van der Waals surface area contributed by atoms with Crippen LogP contribution in [-0.4, -0.2) is 38.8 Å². The lowest BCUT2D eigenvalue weighted by Gasteiger charge is -2.15. The fraction of sp³-hybridized carbons (Fsp3) is 0.368. The van der Waals surface area contributed by atoms with Crippen LogP contribution in [0.15, 0.2) is 30.3 Å². The average Bonchev–Trinajstić information content (AvgIpc) is 3.31. The maximum Gasteiger partial charge on any atom is 0.224 e. The molecule has 0 spiro atoms. The van der Waals surface area contributed by atoms with Crippen molar-refractivity contribution in [3.05, 3.63) is 47.5 Å².